The molecule has 3 amide bonds. The summed E-state index contributed by atoms with van der Waals surface area (Å²) in [6.45, 7) is 6.10. The molecule has 4 aromatic rings. The molecule has 16 heteroatoms. The number of fused-ring (bicyclic) bond motifs is 3. The first-order valence-electron chi connectivity index (χ1n) is 20.7. The van der Waals surface area contributed by atoms with Crippen molar-refractivity contribution in [1.29, 1.82) is 0 Å². The maximum atomic E-state index is 14.8. The summed E-state index contributed by atoms with van der Waals surface area (Å²) in [7, 11) is -2.30. The fraction of sp³-hybridized carbons (Fsp3) is 0.477. The third-order valence-electron chi connectivity index (χ3n) is 12.0. The van der Waals surface area contributed by atoms with Crippen LogP contribution in [0.4, 0.5) is 10.1 Å². The van der Waals surface area contributed by atoms with Gasteiger partial charge in [-0.15, -0.1) is 11.3 Å². The van der Waals surface area contributed by atoms with E-state index in [0.717, 1.165) is 24.1 Å². The van der Waals surface area contributed by atoms with E-state index in [9.17, 15) is 27.2 Å². The molecule has 3 N–H and O–H groups in total. The van der Waals surface area contributed by atoms with Gasteiger partial charge in [-0.05, 0) is 81.7 Å². The van der Waals surface area contributed by atoms with Crippen LogP contribution in [-0.4, -0.2) is 83.6 Å². The quantitative estimate of drug-likeness (QED) is 0.145. The van der Waals surface area contributed by atoms with Gasteiger partial charge in [0.15, 0.2) is 0 Å². The zero-order valence-corrected chi connectivity index (χ0v) is 35.8. The van der Waals surface area contributed by atoms with Gasteiger partial charge in [-0.1, -0.05) is 44.9 Å². The van der Waals surface area contributed by atoms with E-state index >= 15 is 0 Å². The molecule has 0 unspecified atom stereocenters. The highest BCUT2D eigenvalue weighted by atomic mass is 32.2. The molecule has 60 heavy (non-hydrogen) atoms. The zero-order valence-electron chi connectivity index (χ0n) is 34.2. The van der Waals surface area contributed by atoms with Crippen molar-refractivity contribution in [1.82, 2.24) is 24.9 Å². The smallest absolute Gasteiger partial charge is 0.259 e. The second kappa shape index (κ2) is 16.8. The Morgan fingerprint density at radius 2 is 1.88 bits per heavy atom. The monoisotopic (exact) mass is 858 g/mol. The predicted octanol–water partition coefficient (Wildman–Crippen LogP) is 6.77. The fourth-order valence-corrected chi connectivity index (χ4v) is 10.6. The number of hydrogen-bond acceptors (Lipinski definition) is 11. The van der Waals surface area contributed by atoms with Gasteiger partial charge in [0, 0.05) is 40.4 Å². The summed E-state index contributed by atoms with van der Waals surface area (Å²) in [5, 5.41) is 9.00. The Kier molecular flexibility index (Phi) is 11.6. The molecule has 3 fully saturated rings. The second-order valence-electron chi connectivity index (χ2n) is 16.7. The van der Waals surface area contributed by atoms with E-state index in [1.807, 2.05) is 42.7 Å². The van der Waals surface area contributed by atoms with E-state index in [1.54, 1.807) is 19.2 Å². The number of aryl methyl sites for hydroxylation is 1. The third kappa shape index (κ3) is 8.58. The maximum absolute atomic E-state index is 14.8. The number of halogens is 1. The lowest BCUT2D eigenvalue weighted by Crippen LogP contribution is -2.57. The number of hydrogen-bond donors (Lipinski definition) is 3. The van der Waals surface area contributed by atoms with E-state index < -0.39 is 62.5 Å². The Hall–Kier alpha value is -5.09. The molecular weight excluding hydrogens is 808 g/mol. The van der Waals surface area contributed by atoms with Crippen molar-refractivity contribution in [2.75, 3.05) is 19.0 Å². The summed E-state index contributed by atoms with van der Waals surface area (Å²) < 4.78 is 55.0. The highest BCUT2D eigenvalue weighted by molar-refractivity contribution is 7.91. The van der Waals surface area contributed by atoms with Crippen molar-refractivity contribution in [3.8, 4) is 22.2 Å². The normalized spacial score (nSPS) is 24.9. The number of carbonyl (C=O) groups excluding carboxylic acids is 3. The zero-order chi connectivity index (χ0) is 42.3. The van der Waals surface area contributed by atoms with E-state index in [4.69, 9.17) is 19.4 Å². The molecule has 8 rings (SSSR count). The number of benzene rings is 2. The molecule has 2 aromatic carbocycles. The van der Waals surface area contributed by atoms with E-state index in [0.29, 0.717) is 70.9 Å². The number of methoxy groups -OCH3 is 1. The number of nitrogens with zero attached hydrogens (tertiary/aromatic N) is 3. The third-order valence-corrected chi connectivity index (χ3v) is 14.7. The molecule has 2 saturated carbocycles. The number of thiazole rings is 1. The summed E-state index contributed by atoms with van der Waals surface area (Å²) in [6, 6.07) is 9.59. The van der Waals surface area contributed by atoms with Crippen molar-refractivity contribution < 1.29 is 36.7 Å². The molecule has 13 nitrogen and oxygen atoms in total. The number of rotatable bonds is 10. The van der Waals surface area contributed by atoms with Crippen LogP contribution in [0, 0.1) is 18.7 Å². The minimum atomic E-state index is -3.90. The van der Waals surface area contributed by atoms with Gasteiger partial charge >= 0.3 is 0 Å². The average molecular weight is 859 g/mol. The Labute approximate surface area is 353 Å². The summed E-state index contributed by atoms with van der Waals surface area (Å²) >= 11 is 1.48. The Morgan fingerprint density at radius 1 is 1.07 bits per heavy atom. The molecule has 0 radical (unpaired) electrons. The Morgan fingerprint density at radius 3 is 2.62 bits per heavy atom. The van der Waals surface area contributed by atoms with E-state index in [1.165, 1.54) is 28.4 Å². The van der Waals surface area contributed by atoms with E-state index in [-0.39, 0.29) is 31.2 Å². The van der Waals surface area contributed by atoms with Crippen molar-refractivity contribution in [2.45, 2.75) is 113 Å². The Balaban J connectivity index is 1.15. The fourth-order valence-electron chi connectivity index (χ4n) is 8.28. The summed E-state index contributed by atoms with van der Waals surface area (Å²) in [4.78, 5) is 54.7. The van der Waals surface area contributed by atoms with Gasteiger partial charge in [-0.2, -0.15) is 0 Å². The molecular formula is C44H51FN6O7S2. The first-order chi connectivity index (χ1) is 28.8. The van der Waals surface area contributed by atoms with Crippen LogP contribution in [-0.2, 0) is 24.4 Å². The van der Waals surface area contributed by atoms with Crippen LogP contribution in [0.5, 0.6) is 11.5 Å². The number of nitrogens with one attached hydrogen (secondary N) is 3. The van der Waals surface area contributed by atoms with Crippen molar-refractivity contribution in [2.24, 2.45) is 5.92 Å². The number of pyridine rings is 1. The van der Waals surface area contributed by atoms with Crippen LogP contribution in [0.25, 0.3) is 21.6 Å². The van der Waals surface area contributed by atoms with Crippen LogP contribution in [0.1, 0.15) is 88.8 Å². The minimum Gasteiger partial charge on any atom is -0.496 e. The first kappa shape index (κ1) is 41.6. The van der Waals surface area contributed by atoms with Gasteiger partial charge in [0.2, 0.25) is 21.8 Å². The van der Waals surface area contributed by atoms with Crippen LogP contribution in [0.3, 0.4) is 0 Å². The highest BCUT2D eigenvalue weighted by Crippen LogP contribution is 2.46. The number of aromatic nitrogens is 2. The molecule has 4 aliphatic rings. The molecule has 0 spiro atoms. The van der Waals surface area contributed by atoms with Crippen molar-refractivity contribution in [3.05, 3.63) is 77.1 Å². The van der Waals surface area contributed by atoms with Crippen LogP contribution in [0.15, 0.2) is 60.0 Å². The average Bonchev–Trinajstić information content (AvgIpc) is 4.09. The van der Waals surface area contributed by atoms with Crippen LogP contribution >= 0.6 is 11.3 Å². The number of sulfonamides is 1. The lowest BCUT2D eigenvalue weighted by atomic mass is 10.0. The SMILES string of the molecule is COc1ccc2c(O[C@@H]3C[C@H]4C(=O)N[C@]5(C(=O)NS(=O)(=O)C6CC6)C[C@H]5C=CCCCCC[C@H](Nc5cccc(F)c5)C(=O)N4C3)cc(-c3nc(C(C)C)cs3)nc2c1C. The number of ether oxygens (including phenoxy) is 2. The molecule has 1 saturated heterocycles. The largest absolute Gasteiger partial charge is 0.496 e. The number of carbonyl (C=O) groups is 3. The summed E-state index contributed by atoms with van der Waals surface area (Å²) in [5.74, 6) is -1.25. The topological polar surface area (TPSA) is 169 Å². The maximum Gasteiger partial charge on any atom is 0.259 e. The molecule has 2 aromatic heterocycles. The molecule has 2 aliphatic heterocycles. The Bertz CT molecular complexity index is 2450. The molecule has 0 bridgehead atoms. The van der Waals surface area contributed by atoms with Crippen molar-refractivity contribution in [3.63, 3.8) is 0 Å². The standard InChI is InChI=1S/C44H51FN6O7S2/c1-25(2)35-24-59-41(48-35)34-21-38(32-17-18-37(57-4)26(3)39(32)47-34)58-30-20-36-40(52)49-44(43(54)50-60(55,56)31-15-16-31)22-27(44)11-8-6-5-7-9-14-33(42(53)51(36)23-30)46-29-13-10-12-28(45)19-29/h8,10-13,17-19,21,24-25,27,30-31,33,36,46H,5-7,9,14-16,20,22-23H2,1-4H3,(H,49,52)(H,50,54)/t27-,30-,33+,36+,44-/m1/s1. The predicted molar refractivity (Wildman–Crippen MR) is 228 cm³/mol. The van der Waals surface area contributed by atoms with Gasteiger partial charge < -0.3 is 25.0 Å². The molecule has 318 valence electrons. The number of allylic oxidation sites excluding steroid dienone is 1. The molecule has 2 aliphatic carbocycles. The van der Waals surface area contributed by atoms with Gasteiger partial charge in [-0.25, -0.2) is 22.8 Å². The second-order valence-corrected chi connectivity index (χ2v) is 19.5. The molecule has 5 atom stereocenters. The number of anilines is 1. The van der Waals surface area contributed by atoms with Crippen LogP contribution < -0.4 is 24.8 Å². The highest BCUT2D eigenvalue weighted by Gasteiger charge is 2.62. The van der Waals surface area contributed by atoms with Gasteiger partial charge in [0.25, 0.3) is 5.91 Å². The number of amides is 3. The summed E-state index contributed by atoms with van der Waals surface area (Å²) in [5.41, 5.74) is 1.94. The van der Waals surface area contributed by atoms with Gasteiger partial charge in [-0.3, -0.25) is 19.1 Å². The van der Waals surface area contributed by atoms with E-state index in [2.05, 4.69) is 29.2 Å². The van der Waals surface area contributed by atoms with Gasteiger partial charge in [0.05, 0.1) is 30.1 Å². The first-order valence-corrected chi connectivity index (χ1v) is 23.2. The molecule has 4 heterocycles. The van der Waals surface area contributed by atoms with Gasteiger partial charge in [0.1, 0.15) is 51.7 Å². The summed E-state index contributed by atoms with van der Waals surface area (Å²) in [6.07, 6.45) is 7.87. The minimum absolute atomic E-state index is 0.0277. The lowest BCUT2D eigenvalue weighted by Gasteiger charge is -2.30. The van der Waals surface area contributed by atoms with Crippen LogP contribution in [0.2, 0.25) is 0 Å². The lowest BCUT2D eigenvalue weighted by molar-refractivity contribution is -0.140. The van der Waals surface area contributed by atoms with Crippen molar-refractivity contribution >= 4 is 55.7 Å².